The van der Waals surface area contributed by atoms with Gasteiger partial charge in [-0.1, -0.05) is 0 Å². The van der Waals surface area contributed by atoms with Gasteiger partial charge < -0.3 is 19.9 Å². The summed E-state index contributed by atoms with van der Waals surface area (Å²) in [5.41, 5.74) is 0.461. The number of carbonyl (C=O) groups excluding carboxylic acids is 3. The molecule has 2 aliphatic heterocycles. The number of rotatable bonds is 4. The smallest absolute Gasteiger partial charge is 0.409 e. The fourth-order valence-electron chi connectivity index (χ4n) is 3.86. The number of halogens is 1. The molecule has 2 heterocycles. The quantitative estimate of drug-likeness (QED) is 0.834. The van der Waals surface area contributed by atoms with Gasteiger partial charge in [-0.15, -0.1) is 0 Å². The molecule has 7 nitrogen and oxygen atoms in total. The lowest BCUT2D eigenvalue weighted by atomic mass is 9.94. The zero-order valence-electron chi connectivity index (χ0n) is 16.7. The van der Waals surface area contributed by atoms with Gasteiger partial charge in [0.15, 0.2) is 0 Å². The lowest BCUT2D eigenvalue weighted by Crippen LogP contribution is -2.49. The fraction of sp³-hybridized carbons (Fsp3) is 0.571. The van der Waals surface area contributed by atoms with Crippen LogP contribution in [0.25, 0.3) is 0 Å². The summed E-state index contributed by atoms with van der Waals surface area (Å²) < 4.78 is 18.0. The second-order valence-corrected chi connectivity index (χ2v) is 7.54. The van der Waals surface area contributed by atoms with E-state index in [1.807, 2.05) is 0 Å². The summed E-state index contributed by atoms with van der Waals surface area (Å²) >= 11 is 0. The van der Waals surface area contributed by atoms with Crippen molar-refractivity contribution in [2.75, 3.05) is 32.8 Å². The number of amides is 3. The maximum absolute atomic E-state index is 13.0. The minimum Gasteiger partial charge on any atom is -0.450 e. The average molecular weight is 405 g/mol. The van der Waals surface area contributed by atoms with Crippen LogP contribution in [-0.4, -0.2) is 66.5 Å². The molecule has 3 rings (SSSR count). The Morgan fingerprint density at radius 1 is 1.00 bits per heavy atom. The van der Waals surface area contributed by atoms with Gasteiger partial charge in [0.2, 0.25) is 5.91 Å². The molecule has 0 atom stereocenters. The van der Waals surface area contributed by atoms with Crippen LogP contribution >= 0.6 is 0 Å². The van der Waals surface area contributed by atoms with Crippen molar-refractivity contribution >= 4 is 17.9 Å². The van der Waals surface area contributed by atoms with Gasteiger partial charge >= 0.3 is 6.09 Å². The normalized spacial score (nSPS) is 18.4. The number of carbonyl (C=O) groups is 3. The number of ether oxygens (including phenoxy) is 1. The second-order valence-electron chi connectivity index (χ2n) is 7.54. The van der Waals surface area contributed by atoms with Gasteiger partial charge in [0.05, 0.1) is 6.61 Å². The number of piperidine rings is 2. The minimum absolute atomic E-state index is 0.0217. The Kier molecular flexibility index (Phi) is 7.06. The highest BCUT2D eigenvalue weighted by atomic mass is 19.1. The van der Waals surface area contributed by atoms with Gasteiger partial charge in [-0.2, -0.15) is 0 Å². The zero-order chi connectivity index (χ0) is 20.8. The highest BCUT2D eigenvalue weighted by Crippen LogP contribution is 2.21. The molecular formula is C21H28FN3O4. The molecule has 1 aromatic rings. The average Bonchev–Trinajstić information content (AvgIpc) is 2.74. The zero-order valence-corrected chi connectivity index (χ0v) is 16.7. The Morgan fingerprint density at radius 3 is 2.17 bits per heavy atom. The predicted molar refractivity (Wildman–Crippen MR) is 105 cm³/mol. The van der Waals surface area contributed by atoms with Crippen molar-refractivity contribution in [2.45, 2.75) is 38.6 Å². The van der Waals surface area contributed by atoms with Crippen LogP contribution in [0.4, 0.5) is 9.18 Å². The lowest BCUT2D eigenvalue weighted by Gasteiger charge is -2.34. The maximum atomic E-state index is 13.0. The summed E-state index contributed by atoms with van der Waals surface area (Å²) in [6, 6.07) is 5.59. The first-order valence-corrected chi connectivity index (χ1v) is 10.2. The monoisotopic (exact) mass is 405 g/mol. The molecule has 0 aliphatic carbocycles. The van der Waals surface area contributed by atoms with Gasteiger partial charge in [0, 0.05) is 43.7 Å². The van der Waals surface area contributed by atoms with Crippen LogP contribution in [0.15, 0.2) is 24.3 Å². The molecule has 0 radical (unpaired) electrons. The Morgan fingerprint density at radius 2 is 1.59 bits per heavy atom. The molecule has 0 spiro atoms. The SMILES string of the molecule is CCOC(=O)N1CCC(NC(=O)C2CCN(C(=O)c3ccc(F)cc3)CC2)CC1. The third kappa shape index (κ3) is 5.46. The van der Waals surface area contributed by atoms with E-state index >= 15 is 0 Å². The summed E-state index contributed by atoms with van der Waals surface area (Å²) in [6.07, 6.45) is 2.36. The topological polar surface area (TPSA) is 79.0 Å². The van der Waals surface area contributed by atoms with Gasteiger partial charge in [0.25, 0.3) is 5.91 Å². The number of likely N-dealkylation sites (tertiary alicyclic amines) is 2. The molecule has 8 heteroatoms. The molecule has 3 amide bonds. The maximum Gasteiger partial charge on any atom is 0.409 e. The predicted octanol–water partition coefficient (Wildman–Crippen LogP) is 2.42. The van der Waals surface area contributed by atoms with Crippen LogP contribution in [0.3, 0.4) is 0 Å². The molecule has 0 unspecified atom stereocenters. The van der Waals surface area contributed by atoms with E-state index in [0.29, 0.717) is 64.0 Å². The summed E-state index contributed by atoms with van der Waals surface area (Å²) in [4.78, 5) is 40.2. The molecule has 2 fully saturated rings. The van der Waals surface area contributed by atoms with Crippen LogP contribution in [0.5, 0.6) is 0 Å². The van der Waals surface area contributed by atoms with E-state index in [-0.39, 0.29) is 35.7 Å². The fourth-order valence-corrected chi connectivity index (χ4v) is 3.86. The highest BCUT2D eigenvalue weighted by Gasteiger charge is 2.30. The molecule has 0 bridgehead atoms. The van der Waals surface area contributed by atoms with Crippen molar-refractivity contribution in [2.24, 2.45) is 5.92 Å². The second kappa shape index (κ2) is 9.71. The third-order valence-electron chi connectivity index (χ3n) is 5.61. The van der Waals surface area contributed by atoms with Crippen molar-refractivity contribution in [3.8, 4) is 0 Å². The largest absolute Gasteiger partial charge is 0.450 e. The first-order chi connectivity index (χ1) is 14.0. The van der Waals surface area contributed by atoms with E-state index in [9.17, 15) is 18.8 Å². The summed E-state index contributed by atoms with van der Waals surface area (Å²) in [7, 11) is 0. The molecule has 1 N–H and O–H groups in total. The Balaban J connectivity index is 1.42. The number of benzene rings is 1. The highest BCUT2D eigenvalue weighted by molar-refractivity contribution is 5.94. The van der Waals surface area contributed by atoms with Crippen LogP contribution in [0.1, 0.15) is 43.0 Å². The summed E-state index contributed by atoms with van der Waals surface area (Å²) in [6.45, 7) is 4.31. The number of hydrogen-bond acceptors (Lipinski definition) is 4. The van der Waals surface area contributed by atoms with Gasteiger partial charge in [-0.25, -0.2) is 9.18 Å². The van der Waals surface area contributed by atoms with Crippen LogP contribution in [0, 0.1) is 11.7 Å². The van der Waals surface area contributed by atoms with Crippen LogP contribution in [-0.2, 0) is 9.53 Å². The van der Waals surface area contributed by atoms with Gasteiger partial charge in [-0.3, -0.25) is 9.59 Å². The van der Waals surface area contributed by atoms with E-state index in [0.717, 1.165) is 0 Å². The van der Waals surface area contributed by atoms with E-state index in [4.69, 9.17) is 4.74 Å². The molecular weight excluding hydrogens is 377 g/mol. The first kappa shape index (κ1) is 21.1. The molecule has 0 aromatic heterocycles. The molecule has 2 aliphatic rings. The third-order valence-corrected chi connectivity index (χ3v) is 5.61. The van der Waals surface area contributed by atoms with E-state index in [1.165, 1.54) is 24.3 Å². The van der Waals surface area contributed by atoms with Crippen molar-refractivity contribution in [1.82, 2.24) is 15.1 Å². The van der Waals surface area contributed by atoms with E-state index in [1.54, 1.807) is 16.7 Å². The van der Waals surface area contributed by atoms with Crippen LogP contribution in [0.2, 0.25) is 0 Å². The van der Waals surface area contributed by atoms with Crippen molar-refractivity contribution in [3.63, 3.8) is 0 Å². The van der Waals surface area contributed by atoms with Crippen LogP contribution < -0.4 is 5.32 Å². The van der Waals surface area contributed by atoms with Gasteiger partial charge in [-0.05, 0) is 56.9 Å². The van der Waals surface area contributed by atoms with Gasteiger partial charge in [0.1, 0.15) is 5.82 Å². The Labute approximate surface area is 170 Å². The summed E-state index contributed by atoms with van der Waals surface area (Å²) in [5.74, 6) is -0.593. The molecule has 29 heavy (non-hydrogen) atoms. The molecule has 2 saturated heterocycles. The number of nitrogens with zero attached hydrogens (tertiary/aromatic N) is 2. The lowest BCUT2D eigenvalue weighted by molar-refractivity contribution is -0.127. The minimum atomic E-state index is -0.370. The summed E-state index contributed by atoms with van der Waals surface area (Å²) in [5, 5.41) is 3.10. The molecule has 1 aromatic carbocycles. The molecule has 0 saturated carbocycles. The Hall–Kier alpha value is -2.64. The first-order valence-electron chi connectivity index (χ1n) is 10.2. The Bertz CT molecular complexity index is 724. The molecule has 158 valence electrons. The van der Waals surface area contributed by atoms with E-state index < -0.39 is 0 Å². The van der Waals surface area contributed by atoms with E-state index in [2.05, 4.69) is 5.32 Å². The number of hydrogen-bond donors (Lipinski definition) is 1. The van der Waals surface area contributed by atoms with Crippen molar-refractivity contribution in [1.29, 1.82) is 0 Å². The number of nitrogens with one attached hydrogen (secondary N) is 1. The van der Waals surface area contributed by atoms with Crippen molar-refractivity contribution in [3.05, 3.63) is 35.6 Å². The van der Waals surface area contributed by atoms with Crippen molar-refractivity contribution < 1.29 is 23.5 Å². The standard InChI is InChI=1S/C21H28FN3O4/c1-2-29-21(28)25-13-9-18(10-14-25)23-19(26)15-7-11-24(12-8-15)20(27)16-3-5-17(22)6-4-16/h3-6,15,18H,2,7-14H2,1H3,(H,23,26).